The number of para-hydroxylation sites is 3. The van der Waals surface area contributed by atoms with Gasteiger partial charge in [0.05, 0.1) is 21.4 Å². The molecule has 9 nitrogen and oxygen atoms in total. The van der Waals surface area contributed by atoms with Crippen LogP contribution in [0.4, 0.5) is 11.4 Å². The number of thioether (sulfide) groups is 1. The summed E-state index contributed by atoms with van der Waals surface area (Å²) in [4.78, 5) is 22.7. The molecule has 0 atom stereocenters. The molecule has 0 aliphatic carbocycles. The first-order valence-corrected chi connectivity index (χ1v) is 9.03. The maximum absolute atomic E-state index is 12.2. The highest BCUT2D eigenvalue weighted by Gasteiger charge is 2.18. The van der Waals surface area contributed by atoms with Crippen molar-refractivity contribution in [2.24, 2.45) is 0 Å². The van der Waals surface area contributed by atoms with E-state index in [0.29, 0.717) is 15.9 Å². The minimum absolute atomic E-state index is 0.0318. The fourth-order valence-electron chi connectivity index (χ4n) is 2.36. The summed E-state index contributed by atoms with van der Waals surface area (Å²) in [6, 6.07) is 11.3. The van der Waals surface area contributed by atoms with Crippen molar-refractivity contribution in [3.63, 3.8) is 0 Å². The second kappa shape index (κ2) is 8.14. The number of nitro groups is 1. The lowest BCUT2D eigenvalue weighted by atomic mass is 10.2. The number of carbonyl (C=O) groups is 1. The third-order valence-corrected chi connectivity index (χ3v) is 4.77. The van der Waals surface area contributed by atoms with Crippen molar-refractivity contribution in [3.8, 4) is 5.69 Å². The van der Waals surface area contributed by atoms with E-state index >= 15 is 0 Å². The Balaban J connectivity index is 1.73. The van der Waals surface area contributed by atoms with Gasteiger partial charge in [-0.2, -0.15) is 4.68 Å². The quantitative estimate of drug-likeness (QED) is 0.380. The molecule has 0 unspecified atom stereocenters. The predicted octanol–water partition coefficient (Wildman–Crippen LogP) is 3.26. The Bertz CT molecular complexity index is 989. The van der Waals surface area contributed by atoms with E-state index in [4.69, 9.17) is 11.6 Å². The van der Waals surface area contributed by atoms with Crippen molar-refractivity contribution >= 4 is 40.6 Å². The van der Waals surface area contributed by atoms with Gasteiger partial charge in [-0.1, -0.05) is 47.6 Å². The monoisotopic (exact) mass is 404 g/mol. The number of halogens is 1. The Labute approximate surface area is 162 Å². The first-order valence-electron chi connectivity index (χ1n) is 7.67. The molecule has 1 N–H and O–H groups in total. The molecule has 138 valence electrons. The van der Waals surface area contributed by atoms with Crippen molar-refractivity contribution in [3.05, 3.63) is 63.2 Å². The minimum Gasteiger partial charge on any atom is -0.320 e. The summed E-state index contributed by atoms with van der Waals surface area (Å²) in [5, 5.41) is 25.9. The van der Waals surface area contributed by atoms with Crippen LogP contribution in [0.3, 0.4) is 0 Å². The molecule has 1 amide bonds. The van der Waals surface area contributed by atoms with Crippen LogP contribution in [-0.2, 0) is 4.79 Å². The predicted molar refractivity (Wildman–Crippen MR) is 101 cm³/mol. The summed E-state index contributed by atoms with van der Waals surface area (Å²) in [7, 11) is 0. The zero-order valence-corrected chi connectivity index (χ0v) is 15.6. The molecule has 0 fully saturated rings. The van der Waals surface area contributed by atoms with E-state index in [1.165, 1.54) is 22.9 Å². The summed E-state index contributed by atoms with van der Waals surface area (Å²) in [6.45, 7) is 1.87. The smallest absolute Gasteiger partial charge is 0.292 e. The lowest BCUT2D eigenvalue weighted by Crippen LogP contribution is -2.15. The van der Waals surface area contributed by atoms with Gasteiger partial charge in [-0.05, 0) is 35.0 Å². The van der Waals surface area contributed by atoms with Crippen LogP contribution in [0.15, 0.2) is 47.6 Å². The normalized spacial score (nSPS) is 10.6. The third-order valence-electron chi connectivity index (χ3n) is 3.55. The number of carbonyl (C=O) groups excluding carboxylic acids is 1. The first kappa shape index (κ1) is 18.8. The SMILES string of the molecule is Cc1cccc(Cl)c1-n1nnnc1SCC(=O)Nc1ccccc1[N+](=O)[O-]. The molecule has 2 aromatic carbocycles. The topological polar surface area (TPSA) is 116 Å². The Morgan fingerprint density at radius 1 is 1.30 bits per heavy atom. The van der Waals surface area contributed by atoms with Gasteiger partial charge in [0, 0.05) is 6.07 Å². The molecule has 3 aromatic rings. The van der Waals surface area contributed by atoms with Crippen LogP contribution in [0.25, 0.3) is 5.69 Å². The van der Waals surface area contributed by atoms with Gasteiger partial charge in [0.25, 0.3) is 5.69 Å². The number of hydrogen-bond acceptors (Lipinski definition) is 7. The molecule has 3 rings (SSSR count). The Kier molecular flexibility index (Phi) is 5.67. The molecule has 0 bridgehead atoms. The zero-order valence-electron chi connectivity index (χ0n) is 14.0. The third kappa shape index (κ3) is 4.23. The number of benzene rings is 2. The largest absolute Gasteiger partial charge is 0.320 e. The zero-order chi connectivity index (χ0) is 19.4. The molecule has 0 radical (unpaired) electrons. The van der Waals surface area contributed by atoms with E-state index < -0.39 is 10.8 Å². The standard InChI is InChI=1S/C16H13ClN6O3S/c1-10-5-4-6-11(17)15(10)22-16(19-20-21-22)27-9-14(24)18-12-7-2-3-8-13(12)23(25)26/h2-8H,9H2,1H3,(H,18,24). The molecule has 0 spiro atoms. The van der Waals surface area contributed by atoms with Gasteiger partial charge >= 0.3 is 0 Å². The van der Waals surface area contributed by atoms with E-state index in [1.54, 1.807) is 12.1 Å². The molecule has 0 saturated heterocycles. The van der Waals surface area contributed by atoms with E-state index in [-0.39, 0.29) is 17.1 Å². The average Bonchev–Trinajstić information content (AvgIpc) is 3.08. The van der Waals surface area contributed by atoms with Crippen LogP contribution < -0.4 is 5.32 Å². The van der Waals surface area contributed by atoms with Gasteiger partial charge in [-0.25, -0.2) is 0 Å². The second-order valence-electron chi connectivity index (χ2n) is 5.39. The fraction of sp³-hybridized carbons (Fsp3) is 0.125. The number of amides is 1. The van der Waals surface area contributed by atoms with Crippen molar-refractivity contribution in [2.75, 3.05) is 11.1 Å². The summed E-state index contributed by atoms with van der Waals surface area (Å²) in [6.07, 6.45) is 0. The van der Waals surface area contributed by atoms with Crippen LogP contribution in [0.5, 0.6) is 0 Å². The maximum atomic E-state index is 12.2. The van der Waals surface area contributed by atoms with Gasteiger partial charge in [-0.15, -0.1) is 5.10 Å². The number of nitro benzene ring substituents is 1. The second-order valence-corrected chi connectivity index (χ2v) is 6.74. The Morgan fingerprint density at radius 3 is 2.81 bits per heavy atom. The Morgan fingerprint density at radius 2 is 2.07 bits per heavy atom. The number of nitrogens with one attached hydrogen (secondary N) is 1. The van der Waals surface area contributed by atoms with Crippen LogP contribution in [0, 0.1) is 17.0 Å². The van der Waals surface area contributed by atoms with Crippen molar-refractivity contribution in [2.45, 2.75) is 12.1 Å². The Hall–Kier alpha value is -2.98. The molecule has 1 aromatic heterocycles. The fourth-order valence-corrected chi connectivity index (χ4v) is 3.33. The van der Waals surface area contributed by atoms with Crippen molar-refractivity contribution in [1.29, 1.82) is 0 Å². The van der Waals surface area contributed by atoms with Gasteiger partial charge in [0.15, 0.2) is 0 Å². The van der Waals surface area contributed by atoms with Gasteiger partial charge in [0.1, 0.15) is 5.69 Å². The molecule has 27 heavy (non-hydrogen) atoms. The molecule has 0 saturated carbocycles. The molecular formula is C16H13ClN6O3S. The summed E-state index contributed by atoms with van der Waals surface area (Å²) in [5.74, 6) is -0.449. The summed E-state index contributed by atoms with van der Waals surface area (Å²) in [5.41, 5.74) is 1.47. The van der Waals surface area contributed by atoms with Crippen LogP contribution >= 0.6 is 23.4 Å². The van der Waals surface area contributed by atoms with Crippen LogP contribution in [0.2, 0.25) is 5.02 Å². The van der Waals surface area contributed by atoms with E-state index in [0.717, 1.165) is 17.3 Å². The van der Waals surface area contributed by atoms with Gasteiger partial charge < -0.3 is 5.32 Å². The number of aryl methyl sites for hydroxylation is 1. The number of rotatable bonds is 6. The minimum atomic E-state index is -0.552. The summed E-state index contributed by atoms with van der Waals surface area (Å²) >= 11 is 7.34. The number of nitrogens with zero attached hydrogens (tertiary/aromatic N) is 5. The average molecular weight is 405 g/mol. The lowest BCUT2D eigenvalue weighted by molar-refractivity contribution is -0.383. The highest BCUT2D eigenvalue weighted by atomic mass is 35.5. The van der Waals surface area contributed by atoms with E-state index in [1.807, 2.05) is 19.1 Å². The molecule has 1 heterocycles. The summed E-state index contributed by atoms with van der Waals surface area (Å²) < 4.78 is 1.46. The van der Waals surface area contributed by atoms with Gasteiger partial charge in [-0.3, -0.25) is 14.9 Å². The van der Waals surface area contributed by atoms with Crippen molar-refractivity contribution in [1.82, 2.24) is 20.2 Å². The number of aromatic nitrogens is 4. The molecule has 0 aliphatic rings. The first-order chi connectivity index (χ1) is 13.0. The molecule has 11 heteroatoms. The number of tetrazole rings is 1. The molecular weight excluding hydrogens is 392 g/mol. The lowest BCUT2D eigenvalue weighted by Gasteiger charge is -2.09. The van der Waals surface area contributed by atoms with E-state index in [2.05, 4.69) is 20.8 Å². The molecule has 0 aliphatic heterocycles. The highest BCUT2D eigenvalue weighted by Crippen LogP contribution is 2.27. The van der Waals surface area contributed by atoms with E-state index in [9.17, 15) is 14.9 Å². The van der Waals surface area contributed by atoms with Crippen molar-refractivity contribution < 1.29 is 9.72 Å². The van der Waals surface area contributed by atoms with Crippen LogP contribution in [0.1, 0.15) is 5.56 Å². The number of anilines is 1. The highest BCUT2D eigenvalue weighted by molar-refractivity contribution is 7.99. The van der Waals surface area contributed by atoms with Crippen LogP contribution in [-0.4, -0.2) is 36.8 Å². The maximum Gasteiger partial charge on any atom is 0.292 e. The van der Waals surface area contributed by atoms with Gasteiger partial charge in [0.2, 0.25) is 11.1 Å². The number of hydrogen-bond donors (Lipinski definition) is 1.